The van der Waals surface area contributed by atoms with E-state index in [9.17, 15) is 9.59 Å². The molecule has 0 atom stereocenters. The fraction of sp³-hybridized carbons (Fsp3) is 0.231. The van der Waals surface area contributed by atoms with Crippen molar-refractivity contribution in [3.05, 3.63) is 81.7 Å². The summed E-state index contributed by atoms with van der Waals surface area (Å²) in [6.45, 7) is 4.31. The molecule has 34 heavy (non-hydrogen) atoms. The summed E-state index contributed by atoms with van der Waals surface area (Å²) >= 11 is 6.19. The quantitative estimate of drug-likeness (QED) is 0.421. The molecule has 8 heteroatoms. The Morgan fingerprint density at radius 1 is 1.06 bits per heavy atom. The van der Waals surface area contributed by atoms with E-state index in [0.717, 1.165) is 23.2 Å². The highest BCUT2D eigenvalue weighted by atomic mass is 35.5. The lowest BCUT2D eigenvalue weighted by Gasteiger charge is -2.15. The van der Waals surface area contributed by atoms with E-state index in [-0.39, 0.29) is 24.1 Å². The van der Waals surface area contributed by atoms with Gasteiger partial charge in [0.15, 0.2) is 5.65 Å². The number of nitrogens with zero attached hydrogens (tertiary/aromatic N) is 3. The van der Waals surface area contributed by atoms with E-state index < -0.39 is 0 Å². The van der Waals surface area contributed by atoms with E-state index in [1.54, 1.807) is 36.5 Å². The molecule has 0 aliphatic carbocycles. The molecule has 0 saturated carbocycles. The predicted molar refractivity (Wildman–Crippen MR) is 136 cm³/mol. The van der Waals surface area contributed by atoms with Gasteiger partial charge in [-0.2, -0.15) is 0 Å². The van der Waals surface area contributed by atoms with Gasteiger partial charge in [0, 0.05) is 34.9 Å². The lowest BCUT2D eigenvalue weighted by Crippen LogP contribution is -2.37. The molecule has 2 aromatic carbocycles. The van der Waals surface area contributed by atoms with Gasteiger partial charge in [0.25, 0.3) is 5.56 Å². The second kappa shape index (κ2) is 10.2. The summed E-state index contributed by atoms with van der Waals surface area (Å²) in [7, 11) is 1.89. The van der Waals surface area contributed by atoms with E-state index in [1.165, 1.54) is 4.57 Å². The molecule has 4 aromatic rings. The second-order valence-electron chi connectivity index (χ2n) is 8.39. The zero-order chi connectivity index (χ0) is 24.2. The van der Waals surface area contributed by atoms with E-state index in [0.29, 0.717) is 27.4 Å². The van der Waals surface area contributed by atoms with Crippen molar-refractivity contribution >= 4 is 28.5 Å². The maximum Gasteiger partial charge on any atom is 0.263 e. The molecule has 0 unspecified atom stereocenters. The van der Waals surface area contributed by atoms with Gasteiger partial charge in [0.2, 0.25) is 5.91 Å². The fourth-order valence-electron chi connectivity index (χ4n) is 3.83. The molecule has 2 heterocycles. The zero-order valence-corrected chi connectivity index (χ0v) is 20.1. The fourth-order valence-corrected chi connectivity index (χ4v) is 4.03. The monoisotopic (exact) mass is 475 g/mol. The Hall–Kier alpha value is -3.55. The molecular weight excluding hydrogens is 450 g/mol. The van der Waals surface area contributed by atoms with Gasteiger partial charge in [0.1, 0.15) is 12.4 Å². The molecule has 0 fully saturated rings. The minimum atomic E-state index is -0.334. The van der Waals surface area contributed by atoms with E-state index in [2.05, 4.69) is 26.7 Å². The van der Waals surface area contributed by atoms with E-state index >= 15 is 0 Å². The van der Waals surface area contributed by atoms with Gasteiger partial charge in [-0.1, -0.05) is 41.9 Å². The Morgan fingerprint density at radius 3 is 2.56 bits per heavy atom. The molecule has 0 aliphatic heterocycles. The van der Waals surface area contributed by atoms with Crippen LogP contribution >= 0.6 is 11.6 Å². The van der Waals surface area contributed by atoms with Crippen LogP contribution in [-0.2, 0) is 17.9 Å². The first-order valence-electron chi connectivity index (χ1n) is 11.1. The van der Waals surface area contributed by atoms with Crippen molar-refractivity contribution in [2.45, 2.75) is 33.0 Å². The molecule has 7 nitrogen and oxygen atoms in total. The van der Waals surface area contributed by atoms with Crippen molar-refractivity contribution < 1.29 is 4.79 Å². The van der Waals surface area contributed by atoms with E-state index in [1.807, 2.05) is 39.1 Å². The molecule has 0 radical (unpaired) electrons. The number of aromatic nitrogens is 3. The Balaban J connectivity index is 1.88. The van der Waals surface area contributed by atoms with Crippen molar-refractivity contribution in [1.29, 1.82) is 0 Å². The van der Waals surface area contributed by atoms with Crippen LogP contribution in [0.1, 0.15) is 19.4 Å². The minimum absolute atomic E-state index is 0.0515. The molecule has 0 spiro atoms. The molecule has 2 aromatic heterocycles. The maximum absolute atomic E-state index is 13.6. The van der Waals surface area contributed by atoms with Gasteiger partial charge in [-0.3, -0.25) is 14.2 Å². The van der Waals surface area contributed by atoms with Crippen molar-refractivity contribution in [3.8, 4) is 22.5 Å². The third-order valence-corrected chi connectivity index (χ3v) is 5.52. The number of carbonyl (C=O) groups excluding carboxylic acids is 1. The van der Waals surface area contributed by atoms with Gasteiger partial charge in [-0.15, -0.1) is 0 Å². The Morgan fingerprint density at radius 2 is 1.82 bits per heavy atom. The molecule has 0 aliphatic rings. The Bertz CT molecular complexity index is 1410. The van der Waals surface area contributed by atoms with Crippen LogP contribution in [0.4, 0.5) is 0 Å². The first-order valence-corrected chi connectivity index (χ1v) is 11.4. The van der Waals surface area contributed by atoms with Crippen LogP contribution in [0.5, 0.6) is 0 Å². The van der Waals surface area contributed by atoms with Crippen molar-refractivity contribution in [3.63, 3.8) is 0 Å². The first-order chi connectivity index (χ1) is 16.4. The van der Waals surface area contributed by atoms with Crippen LogP contribution in [0.25, 0.3) is 33.5 Å². The number of halogens is 1. The van der Waals surface area contributed by atoms with Gasteiger partial charge >= 0.3 is 0 Å². The summed E-state index contributed by atoms with van der Waals surface area (Å²) in [6.07, 6.45) is 1.71. The molecule has 174 valence electrons. The maximum atomic E-state index is 13.6. The largest absolute Gasteiger partial charge is 0.352 e. The summed E-state index contributed by atoms with van der Waals surface area (Å²) in [5.74, 6) is 0.0700. The highest BCUT2D eigenvalue weighted by Crippen LogP contribution is 2.25. The average molecular weight is 476 g/mol. The Labute approximate surface area is 202 Å². The molecule has 0 bridgehead atoms. The number of benzene rings is 2. The summed E-state index contributed by atoms with van der Waals surface area (Å²) in [6, 6.07) is 16.8. The number of hydrogen-bond acceptors (Lipinski definition) is 5. The number of fused-ring (bicyclic) bond motifs is 1. The summed E-state index contributed by atoms with van der Waals surface area (Å²) < 4.78 is 1.38. The predicted octanol–water partition coefficient (Wildman–Crippen LogP) is 4.02. The summed E-state index contributed by atoms with van der Waals surface area (Å²) in [5.41, 5.74) is 3.49. The smallest absolute Gasteiger partial charge is 0.263 e. The number of hydrogen-bond donors (Lipinski definition) is 2. The highest BCUT2D eigenvalue weighted by Gasteiger charge is 2.17. The zero-order valence-electron chi connectivity index (χ0n) is 19.3. The number of amides is 1. The average Bonchev–Trinajstić information content (AvgIpc) is 2.80. The SMILES string of the molecule is CNCc1cccc(-c2cnc3nc(-c4cccc(Cl)c4)n(CC(=O)NC(C)C)c(=O)c3c2)c1. The third-order valence-electron chi connectivity index (χ3n) is 5.29. The van der Waals surface area contributed by atoms with Crippen LogP contribution in [0.15, 0.2) is 65.6 Å². The van der Waals surface area contributed by atoms with Gasteiger partial charge in [-0.25, -0.2) is 9.97 Å². The lowest BCUT2D eigenvalue weighted by atomic mass is 10.0. The van der Waals surface area contributed by atoms with Crippen LogP contribution in [0.3, 0.4) is 0 Å². The molecule has 0 saturated heterocycles. The number of carbonyl (C=O) groups is 1. The number of rotatable bonds is 7. The molecule has 1 amide bonds. The van der Waals surface area contributed by atoms with Crippen LogP contribution in [0.2, 0.25) is 5.02 Å². The standard InChI is InChI=1S/C26H26ClN5O2/c1-16(2)30-23(33)15-32-25(19-8-5-9-21(27)11-19)31-24-22(26(32)34)12-20(14-29-24)18-7-4-6-17(10-18)13-28-3/h4-12,14,16,28H,13,15H2,1-3H3,(H,30,33). The summed E-state index contributed by atoms with van der Waals surface area (Å²) in [4.78, 5) is 35.4. The van der Waals surface area contributed by atoms with Crippen LogP contribution in [-0.4, -0.2) is 33.5 Å². The van der Waals surface area contributed by atoms with Crippen LogP contribution < -0.4 is 16.2 Å². The van der Waals surface area contributed by atoms with Crippen molar-refractivity contribution in [2.75, 3.05) is 7.05 Å². The lowest BCUT2D eigenvalue weighted by molar-refractivity contribution is -0.122. The van der Waals surface area contributed by atoms with E-state index in [4.69, 9.17) is 11.6 Å². The van der Waals surface area contributed by atoms with Crippen molar-refractivity contribution in [2.24, 2.45) is 0 Å². The minimum Gasteiger partial charge on any atom is -0.352 e. The van der Waals surface area contributed by atoms with Gasteiger partial charge < -0.3 is 10.6 Å². The third kappa shape index (κ3) is 5.16. The topological polar surface area (TPSA) is 88.9 Å². The molecular formula is C26H26ClN5O2. The molecule has 4 rings (SSSR count). The van der Waals surface area contributed by atoms with Crippen molar-refractivity contribution in [1.82, 2.24) is 25.2 Å². The Kier molecular flexibility index (Phi) is 7.05. The number of nitrogens with one attached hydrogen (secondary N) is 2. The molecule has 2 N–H and O–H groups in total. The first kappa shape index (κ1) is 23.6. The highest BCUT2D eigenvalue weighted by molar-refractivity contribution is 6.30. The van der Waals surface area contributed by atoms with Gasteiger partial charge in [0.05, 0.1) is 5.39 Å². The normalized spacial score (nSPS) is 11.2. The second-order valence-corrected chi connectivity index (χ2v) is 8.82. The van der Waals surface area contributed by atoms with Gasteiger partial charge in [-0.05, 0) is 56.3 Å². The summed E-state index contributed by atoms with van der Waals surface area (Å²) in [5, 5.41) is 6.83. The number of pyridine rings is 1. The van der Waals surface area contributed by atoms with Crippen LogP contribution in [0, 0.1) is 0 Å².